The van der Waals surface area contributed by atoms with E-state index in [1.54, 1.807) is 37.4 Å². The Hall–Kier alpha value is -3.56. The Labute approximate surface area is 199 Å². The van der Waals surface area contributed by atoms with Gasteiger partial charge in [0.2, 0.25) is 0 Å². The lowest BCUT2D eigenvalue weighted by atomic mass is 9.76. The van der Waals surface area contributed by atoms with Crippen LogP contribution >= 0.6 is 0 Å². The number of halogens is 1. The van der Waals surface area contributed by atoms with Crippen molar-refractivity contribution in [2.24, 2.45) is 5.41 Å². The molecule has 0 radical (unpaired) electrons. The van der Waals surface area contributed by atoms with Crippen LogP contribution < -0.4 is 14.2 Å². The zero-order chi connectivity index (χ0) is 24.1. The van der Waals surface area contributed by atoms with Gasteiger partial charge in [-0.1, -0.05) is 31.0 Å². The fourth-order valence-corrected chi connectivity index (χ4v) is 4.58. The summed E-state index contributed by atoms with van der Waals surface area (Å²) >= 11 is 0. The van der Waals surface area contributed by atoms with E-state index in [0.29, 0.717) is 47.6 Å². The van der Waals surface area contributed by atoms with E-state index in [1.165, 1.54) is 13.2 Å². The third-order valence-electron chi connectivity index (χ3n) is 6.59. The van der Waals surface area contributed by atoms with Crippen molar-refractivity contribution < 1.29 is 23.7 Å². The average molecular weight is 462 g/mol. The Morgan fingerprint density at radius 1 is 0.912 bits per heavy atom. The maximum absolute atomic E-state index is 14.9. The van der Waals surface area contributed by atoms with Crippen molar-refractivity contribution in [1.82, 2.24) is 0 Å². The van der Waals surface area contributed by atoms with E-state index >= 15 is 0 Å². The Morgan fingerprint density at radius 3 is 2.21 bits per heavy atom. The van der Waals surface area contributed by atoms with Crippen molar-refractivity contribution in [1.29, 1.82) is 5.26 Å². The number of methoxy groups -OCH3 is 2. The SMILES string of the molecule is COc1ccc(COc2ccc(-c3cc(OC)ccc3F)c(C(O)C3(C#N)CCCC3)c2)cc1. The standard InChI is InChI=1S/C28H28FNO4/c1-32-20-7-5-19(6-8-20)17-34-22-9-11-23(24-15-21(33-2)10-12-26(24)29)25(16-22)27(31)28(18-30)13-3-4-14-28/h5-12,15-16,27,31H,3-4,13-14,17H2,1-2H3. The van der Waals surface area contributed by atoms with Crippen LogP contribution in [0.2, 0.25) is 0 Å². The molecule has 1 saturated carbocycles. The third-order valence-corrected chi connectivity index (χ3v) is 6.59. The molecule has 0 spiro atoms. The number of nitriles is 1. The summed E-state index contributed by atoms with van der Waals surface area (Å²) in [5.74, 6) is 1.37. The highest BCUT2D eigenvalue weighted by atomic mass is 19.1. The first-order valence-corrected chi connectivity index (χ1v) is 11.3. The van der Waals surface area contributed by atoms with Crippen molar-refractivity contribution in [2.45, 2.75) is 38.4 Å². The number of nitrogens with zero attached hydrogens (tertiary/aromatic N) is 1. The van der Waals surface area contributed by atoms with E-state index in [1.807, 2.05) is 24.3 Å². The molecular weight excluding hydrogens is 433 g/mol. The van der Waals surface area contributed by atoms with Gasteiger partial charge in [0.05, 0.1) is 31.8 Å². The summed E-state index contributed by atoms with van der Waals surface area (Å²) in [5, 5.41) is 21.4. The first kappa shape index (κ1) is 23.6. The van der Waals surface area contributed by atoms with Crippen LogP contribution in [0.5, 0.6) is 17.2 Å². The molecule has 5 nitrogen and oxygen atoms in total. The van der Waals surface area contributed by atoms with Gasteiger partial charge >= 0.3 is 0 Å². The first-order chi connectivity index (χ1) is 16.5. The number of benzene rings is 3. The maximum Gasteiger partial charge on any atom is 0.131 e. The van der Waals surface area contributed by atoms with E-state index in [0.717, 1.165) is 24.2 Å². The molecule has 0 amide bonds. The normalized spacial score (nSPS) is 15.4. The predicted molar refractivity (Wildman–Crippen MR) is 127 cm³/mol. The van der Waals surface area contributed by atoms with Crippen molar-refractivity contribution in [2.75, 3.05) is 14.2 Å². The van der Waals surface area contributed by atoms with Gasteiger partial charge in [0.1, 0.15) is 29.7 Å². The summed E-state index contributed by atoms with van der Waals surface area (Å²) < 4.78 is 31.4. The Morgan fingerprint density at radius 2 is 1.56 bits per heavy atom. The molecular formula is C28H28FNO4. The van der Waals surface area contributed by atoms with Crippen LogP contribution in [0.15, 0.2) is 60.7 Å². The molecule has 3 aromatic carbocycles. The molecule has 0 bridgehead atoms. The van der Waals surface area contributed by atoms with Crippen LogP contribution in [0, 0.1) is 22.6 Å². The average Bonchev–Trinajstić information content (AvgIpc) is 3.38. The van der Waals surface area contributed by atoms with E-state index in [4.69, 9.17) is 14.2 Å². The maximum atomic E-state index is 14.9. The van der Waals surface area contributed by atoms with Crippen LogP contribution in [-0.4, -0.2) is 19.3 Å². The first-order valence-electron chi connectivity index (χ1n) is 11.3. The van der Waals surface area contributed by atoms with Crippen LogP contribution in [0.25, 0.3) is 11.1 Å². The van der Waals surface area contributed by atoms with E-state index in [9.17, 15) is 14.8 Å². The summed E-state index contributed by atoms with van der Waals surface area (Å²) in [7, 11) is 3.13. The van der Waals surface area contributed by atoms with Crippen molar-refractivity contribution in [3.05, 3.63) is 77.6 Å². The molecule has 34 heavy (non-hydrogen) atoms. The van der Waals surface area contributed by atoms with Crippen molar-refractivity contribution in [3.63, 3.8) is 0 Å². The van der Waals surface area contributed by atoms with Crippen LogP contribution in [-0.2, 0) is 6.61 Å². The predicted octanol–water partition coefficient (Wildman–Crippen LogP) is 6.21. The number of rotatable bonds is 8. The lowest BCUT2D eigenvalue weighted by Crippen LogP contribution is -2.24. The Kier molecular flexibility index (Phi) is 7.04. The van der Waals surface area contributed by atoms with Gasteiger partial charge in [-0.2, -0.15) is 5.26 Å². The Balaban J connectivity index is 1.72. The smallest absolute Gasteiger partial charge is 0.131 e. The number of aliphatic hydroxyl groups is 1. The molecule has 1 atom stereocenters. The highest BCUT2D eigenvalue weighted by molar-refractivity contribution is 5.71. The van der Waals surface area contributed by atoms with Gasteiger partial charge in [-0.3, -0.25) is 0 Å². The van der Waals surface area contributed by atoms with Crippen LogP contribution in [0.3, 0.4) is 0 Å². The quantitative estimate of drug-likeness (QED) is 0.432. The van der Waals surface area contributed by atoms with Crippen molar-refractivity contribution in [3.8, 4) is 34.4 Å². The molecule has 0 saturated heterocycles. The molecule has 1 unspecified atom stereocenters. The summed E-state index contributed by atoms with van der Waals surface area (Å²) in [4.78, 5) is 0. The molecule has 3 aromatic rings. The summed E-state index contributed by atoms with van der Waals surface area (Å²) in [6.07, 6.45) is 1.87. The molecule has 0 heterocycles. The second-order valence-electron chi connectivity index (χ2n) is 8.61. The van der Waals surface area contributed by atoms with E-state index < -0.39 is 17.3 Å². The zero-order valence-electron chi connectivity index (χ0n) is 19.4. The van der Waals surface area contributed by atoms with Gasteiger partial charge in [-0.25, -0.2) is 4.39 Å². The van der Waals surface area contributed by atoms with Gasteiger partial charge in [-0.05, 0) is 72.0 Å². The van der Waals surface area contributed by atoms with Gasteiger partial charge in [-0.15, -0.1) is 0 Å². The second kappa shape index (κ2) is 10.1. The number of hydrogen-bond acceptors (Lipinski definition) is 5. The fourth-order valence-electron chi connectivity index (χ4n) is 4.58. The van der Waals surface area contributed by atoms with Crippen molar-refractivity contribution >= 4 is 0 Å². The summed E-state index contributed by atoms with van der Waals surface area (Å²) in [6, 6.07) is 19.6. The minimum absolute atomic E-state index is 0.307. The third kappa shape index (κ3) is 4.71. The number of ether oxygens (including phenoxy) is 3. The van der Waals surface area contributed by atoms with Crippen LogP contribution in [0.1, 0.15) is 42.9 Å². The molecule has 176 valence electrons. The Bertz CT molecular complexity index is 1180. The fraction of sp³-hybridized carbons (Fsp3) is 0.321. The molecule has 1 fully saturated rings. The lowest BCUT2D eigenvalue weighted by molar-refractivity contribution is 0.0673. The summed E-state index contributed by atoms with van der Waals surface area (Å²) in [5.41, 5.74) is 1.35. The molecule has 0 aliphatic heterocycles. The van der Waals surface area contributed by atoms with E-state index in [-0.39, 0.29) is 0 Å². The lowest BCUT2D eigenvalue weighted by Gasteiger charge is -2.29. The minimum atomic E-state index is -1.08. The molecule has 6 heteroatoms. The van der Waals surface area contributed by atoms with Gasteiger partial charge in [0.15, 0.2) is 0 Å². The molecule has 1 aliphatic carbocycles. The van der Waals surface area contributed by atoms with Gasteiger partial charge in [0.25, 0.3) is 0 Å². The summed E-state index contributed by atoms with van der Waals surface area (Å²) in [6.45, 7) is 0.315. The van der Waals surface area contributed by atoms with Crippen LogP contribution in [0.4, 0.5) is 4.39 Å². The molecule has 1 N–H and O–H groups in total. The van der Waals surface area contributed by atoms with E-state index in [2.05, 4.69) is 6.07 Å². The zero-order valence-corrected chi connectivity index (χ0v) is 19.4. The van der Waals surface area contributed by atoms with Gasteiger partial charge in [0, 0.05) is 5.56 Å². The monoisotopic (exact) mass is 461 g/mol. The largest absolute Gasteiger partial charge is 0.497 e. The number of hydrogen-bond donors (Lipinski definition) is 1. The minimum Gasteiger partial charge on any atom is -0.497 e. The second-order valence-corrected chi connectivity index (χ2v) is 8.61. The highest BCUT2D eigenvalue weighted by Gasteiger charge is 2.43. The van der Waals surface area contributed by atoms with Gasteiger partial charge < -0.3 is 19.3 Å². The number of aliphatic hydroxyl groups excluding tert-OH is 1. The molecule has 0 aromatic heterocycles. The highest BCUT2D eigenvalue weighted by Crippen LogP contribution is 2.49. The molecule has 1 aliphatic rings. The molecule has 4 rings (SSSR count). The topological polar surface area (TPSA) is 71.7 Å².